The summed E-state index contributed by atoms with van der Waals surface area (Å²) in [5, 5.41) is 11.5. The summed E-state index contributed by atoms with van der Waals surface area (Å²) >= 11 is 7.11. The molecule has 0 aliphatic heterocycles. The summed E-state index contributed by atoms with van der Waals surface area (Å²) in [5.74, 6) is -0.148. The van der Waals surface area contributed by atoms with E-state index in [0.29, 0.717) is 15.3 Å². The number of ketones is 1. The zero-order valence-corrected chi connectivity index (χ0v) is 12.5. The number of carbonyl (C=O) groups excluding carboxylic acids is 1. The predicted octanol–water partition coefficient (Wildman–Crippen LogP) is 5.16. The molecule has 3 rings (SSSR count). The van der Waals surface area contributed by atoms with E-state index < -0.39 is 0 Å². The van der Waals surface area contributed by atoms with Gasteiger partial charge in [-0.25, -0.2) is 0 Å². The van der Waals surface area contributed by atoms with Crippen molar-refractivity contribution in [3.05, 3.63) is 70.1 Å². The third kappa shape index (κ3) is 2.84. The van der Waals surface area contributed by atoms with Crippen molar-refractivity contribution in [3.8, 4) is 5.75 Å². The van der Waals surface area contributed by atoms with E-state index in [0.717, 1.165) is 10.3 Å². The van der Waals surface area contributed by atoms with E-state index in [2.05, 4.69) is 0 Å². The number of benzene rings is 2. The van der Waals surface area contributed by atoms with Crippen LogP contribution in [0.15, 0.2) is 54.6 Å². The number of aromatic hydroxyl groups is 1. The summed E-state index contributed by atoms with van der Waals surface area (Å²) in [5.41, 5.74) is 0.883. The number of fused-ring (bicyclic) bond motifs is 1. The molecule has 3 aromatic rings. The standard InChI is InChI=1S/C17H11ClO2S/c18-12-8-5-11(6-9-12)7-10-14(19)17-16(20)13-3-1-2-4-15(13)21-17/h1-10,20H/b10-7+. The molecule has 4 heteroatoms. The van der Waals surface area contributed by atoms with Crippen LogP contribution in [0.1, 0.15) is 15.2 Å². The normalized spacial score (nSPS) is 11.3. The molecule has 0 aliphatic carbocycles. The molecule has 21 heavy (non-hydrogen) atoms. The number of carbonyl (C=O) groups is 1. The van der Waals surface area contributed by atoms with Gasteiger partial charge in [0.05, 0.1) is 0 Å². The second-order valence-corrected chi connectivity index (χ2v) is 6.01. The van der Waals surface area contributed by atoms with E-state index in [-0.39, 0.29) is 11.5 Å². The zero-order valence-electron chi connectivity index (χ0n) is 10.9. The van der Waals surface area contributed by atoms with E-state index in [4.69, 9.17) is 11.6 Å². The topological polar surface area (TPSA) is 37.3 Å². The van der Waals surface area contributed by atoms with Crippen LogP contribution < -0.4 is 0 Å². The first-order valence-corrected chi connectivity index (χ1v) is 7.53. The van der Waals surface area contributed by atoms with Crippen molar-refractivity contribution in [1.29, 1.82) is 0 Å². The van der Waals surface area contributed by atoms with Crippen LogP contribution in [0.3, 0.4) is 0 Å². The molecule has 1 aromatic heterocycles. The molecular weight excluding hydrogens is 304 g/mol. The molecule has 2 nitrogen and oxygen atoms in total. The Bertz CT molecular complexity index is 832. The fourth-order valence-corrected chi connectivity index (χ4v) is 3.16. The summed E-state index contributed by atoms with van der Waals surface area (Å²) in [7, 11) is 0. The first-order valence-electron chi connectivity index (χ1n) is 6.33. The van der Waals surface area contributed by atoms with Crippen LogP contribution in [0.5, 0.6) is 5.75 Å². The maximum atomic E-state index is 12.2. The first-order chi connectivity index (χ1) is 10.1. The fourth-order valence-electron chi connectivity index (χ4n) is 2.02. The molecular formula is C17H11ClO2S. The van der Waals surface area contributed by atoms with Crippen LogP contribution in [-0.2, 0) is 0 Å². The van der Waals surface area contributed by atoms with Gasteiger partial charge in [0.2, 0.25) is 0 Å². The third-order valence-electron chi connectivity index (χ3n) is 3.09. The van der Waals surface area contributed by atoms with Crippen LogP contribution in [0.25, 0.3) is 16.2 Å². The molecule has 0 atom stereocenters. The Morgan fingerprint density at radius 2 is 1.81 bits per heavy atom. The van der Waals surface area contributed by atoms with Gasteiger partial charge in [-0.15, -0.1) is 11.3 Å². The van der Waals surface area contributed by atoms with Crippen molar-refractivity contribution in [2.45, 2.75) is 0 Å². The Labute approximate surface area is 130 Å². The second kappa shape index (κ2) is 5.72. The van der Waals surface area contributed by atoms with Gasteiger partial charge in [0.1, 0.15) is 10.6 Å². The average Bonchev–Trinajstić information content (AvgIpc) is 2.84. The molecule has 0 unspecified atom stereocenters. The highest BCUT2D eigenvalue weighted by molar-refractivity contribution is 7.21. The highest BCUT2D eigenvalue weighted by atomic mass is 35.5. The van der Waals surface area contributed by atoms with Gasteiger partial charge in [0, 0.05) is 15.1 Å². The molecule has 1 N–H and O–H groups in total. The lowest BCUT2D eigenvalue weighted by molar-refractivity contribution is 0.104. The molecule has 0 radical (unpaired) electrons. The number of hydrogen-bond acceptors (Lipinski definition) is 3. The number of thiophene rings is 1. The molecule has 0 bridgehead atoms. The van der Waals surface area contributed by atoms with Crippen LogP contribution >= 0.6 is 22.9 Å². The minimum atomic E-state index is -0.205. The Balaban J connectivity index is 1.90. The lowest BCUT2D eigenvalue weighted by Gasteiger charge is -1.94. The molecule has 0 fully saturated rings. The fraction of sp³-hybridized carbons (Fsp3) is 0. The van der Waals surface area contributed by atoms with Gasteiger partial charge in [0.15, 0.2) is 5.78 Å². The van der Waals surface area contributed by atoms with Crippen LogP contribution in [-0.4, -0.2) is 10.9 Å². The molecule has 104 valence electrons. The number of rotatable bonds is 3. The van der Waals surface area contributed by atoms with Crippen LogP contribution in [0.2, 0.25) is 5.02 Å². The van der Waals surface area contributed by atoms with E-state index in [1.807, 2.05) is 30.3 Å². The Morgan fingerprint density at radius 3 is 2.52 bits per heavy atom. The summed E-state index contributed by atoms with van der Waals surface area (Å²) < 4.78 is 0.901. The van der Waals surface area contributed by atoms with Gasteiger partial charge in [0.25, 0.3) is 0 Å². The van der Waals surface area contributed by atoms with Gasteiger partial charge in [-0.2, -0.15) is 0 Å². The van der Waals surface area contributed by atoms with E-state index in [1.54, 1.807) is 24.3 Å². The van der Waals surface area contributed by atoms with E-state index in [9.17, 15) is 9.90 Å². The average molecular weight is 315 g/mol. The Hall–Kier alpha value is -2.10. The summed E-state index contributed by atoms with van der Waals surface area (Å²) in [6.07, 6.45) is 3.18. The first kappa shape index (κ1) is 13.9. The third-order valence-corrected chi connectivity index (χ3v) is 4.52. The molecule has 0 spiro atoms. The monoisotopic (exact) mass is 314 g/mol. The summed E-state index contributed by atoms with van der Waals surface area (Å²) in [4.78, 5) is 12.6. The lowest BCUT2D eigenvalue weighted by Crippen LogP contribution is -1.89. The summed E-state index contributed by atoms with van der Waals surface area (Å²) in [6.45, 7) is 0. The minimum Gasteiger partial charge on any atom is -0.506 e. The molecule has 0 aliphatic rings. The maximum Gasteiger partial charge on any atom is 0.199 e. The van der Waals surface area contributed by atoms with Gasteiger partial charge in [-0.3, -0.25) is 4.79 Å². The molecule has 2 aromatic carbocycles. The van der Waals surface area contributed by atoms with Crippen molar-refractivity contribution < 1.29 is 9.90 Å². The quantitative estimate of drug-likeness (QED) is 0.536. The van der Waals surface area contributed by atoms with Gasteiger partial charge < -0.3 is 5.11 Å². The number of allylic oxidation sites excluding steroid dienone is 1. The molecule has 1 heterocycles. The number of hydrogen-bond donors (Lipinski definition) is 1. The highest BCUT2D eigenvalue weighted by Gasteiger charge is 2.15. The molecule has 0 amide bonds. The van der Waals surface area contributed by atoms with Crippen molar-refractivity contribution in [2.75, 3.05) is 0 Å². The Morgan fingerprint density at radius 1 is 1.10 bits per heavy atom. The zero-order chi connectivity index (χ0) is 14.8. The summed E-state index contributed by atoms with van der Waals surface area (Å²) in [6, 6.07) is 14.6. The van der Waals surface area contributed by atoms with Crippen molar-refractivity contribution in [3.63, 3.8) is 0 Å². The molecule has 0 saturated carbocycles. The van der Waals surface area contributed by atoms with Crippen molar-refractivity contribution in [2.24, 2.45) is 0 Å². The van der Waals surface area contributed by atoms with Crippen LogP contribution in [0.4, 0.5) is 0 Å². The SMILES string of the molecule is O=C(/C=C/c1ccc(Cl)cc1)c1sc2ccccc2c1O. The Kier molecular flexibility index (Phi) is 3.78. The lowest BCUT2D eigenvalue weighted by atomic mass is 10.1. The van der Waals surface area contributed by atoms with Crippen molar-refractivity contribution in [1.82, 2.24) is 0 Å². The van der Waals surface area contributed by atoms with Gasteiger partial charge in [-0.05, 0) is 35.9 Å². The molecule has 0 saturated heterocycles. The second-order valence-electron chi connectivity index (χ2n) is 4.53. The number of halogens is 1. The maximum absolute atomic E-state index is 12.2. The van der Waals surface area contributed by atoms with Crippen LogP contribution in [0, 0.1) is 0 Å². The van der Waals surface area contributed by atoms with E-state index >= 15 is 0 Å². The smallest absolute Gasteiger partial charge is 0.199 e. The minimum absolute atomic E-state index is 0.0568. The highest BCUT2D eigenvalue weighted by Crippen LogP contribution is 2.37. The largest absolute Gasteiger partial charge is 0.506 e. The van der Waals surface area contributed by atoms with Gasteiger partial charge >= 0.3 is 0 Å². The van der Waals surface area contributed by atoms with E-state index in [1.165, 1.54) is 17.4 Å². The van der Waals surface area contributed by atoms with Gasteiger partial charge in [-0.1, -0.05) is 41.9 Å². The van der Waals surface area contributed by atoms with Crippen molar-refractivity contribution >= 4 is 44.9 Å². The predicted molar refractivity (Wildman–Crippen MR) is 88.3 cm³/mol.